The molecule has 0 bridgehead atoms. The summed E-state index contributed by atoms with van der Waals surface area (Å²) in [6, 6.07) is 42.3. The number of hydrogen-bond acceptors (Lipinski definition) is 0. The molecule has 0 N–H and O–H groups in total. The second-order valence-electron chi connectivity index (χ2n) is 7.11. The summed E-state index contributed by atoms with van der Waals surface area (Å²) in [4.78, 5) is 0. The molecular formula is C27H26P+. The van der Waals surface area contributed by atoms with Crippen LogP contribution in [0.3, 0.4) is 0 Å². The number of aryl methyl sites for hydroxylation is 1. The maximum atomic E-state index is 2.37. The van der Waals surface area contributed by atoms with Gasteiger partial charge in [-0.1, -0.05) is 91.9 Å². The lowest BCUT2D eigenvalue weighted by Gasteiger charge is -2.29. The van der Waals surface area contributed by atoms with Gasteiger partial charge in [-0.3, -0.25) is 0 Å². The van der Waals surface area contributed by atoms with Crippen molar-refractivity contribution in [3.8, 4) is 0 Å². The van der Waals surface area contributed by atoms with Crippen molar-refractivity contribution in [3.05, 3.63) is 126 Å². The van der Waals surface area contributed by atoms with Gasteiger partial charge in [0.15, 0.2) is 0 Å². The van der Waals surface area contributed by atoms with E-state index in [1.54, 1.807) is 0 Å². The first-order valence-corrected chi connectivity index (χ1v) is 11.9. The van der Waals surface area contributed by atoms with Gasteiger partial charge in [-0.25, -0.2) is 0 Å². The van der Waals surface area contributed by atoms with Crippen molar-refractivity contribution in [2.24, 2.45) is 0 Å². The fraction of sp³-hybridized carbons (Fsp3) is 0.111. The molecule has 0 saturated heterocycles. The molecule has 1 heteroatoms. The average molecular weight is 381 g/mol. The Balaban J connectivity index is 2.05. The maximum Gasteiger partial charge on any atom is 0.116 e. The van der Waals surface area contributed by atoms with Crippen LogP contribution in [0.1, 0.15) is 18.1 Å². The summed E-state index contributed by atoms with van der Waals surface area (Å²) < 4.78 is 0. The van der Waals surface area contributed by atoms with Crippen LogP contribution in [0.4, 0.5) is 0 Å². The van der Waals surface area contributed by atoms with Gasteiger partial charge in [0.25, 0.3) is 0 Å². The van der Waals surface area contributed by atoms with Crippen molar-refractivity contribution in [2.75, 3.05) is 0 Å². The normalized spacial score (nSPS) is 11.3. The zero-order chi connectivity index (χ0) is 19.2. The largest absolute Gasteiger partial charge is 0.116 e. The molecule has 0 spiro atoms. The van der Waals surface area contributed by atoms with Gasteiger partial charge < -0.3 is 0 Å². The van der Waals surface area contributed by atoms with Gasteiger partial charge >= 0.3 is 0 Å². The molecule has 0 amide bonds. The molecule has 0 aliphatic rings. The van der Waals surface area contributed by atoms with E-state index in [9.17, 15) is 0 Å². The zero-order valence-electron chi connectivity index (χ0n) is 16.3. The van der Waals surface area contributed by atoms with E-state index in [2.05, 4.69) is 122 Å². The van der Waals surface area contributed by atoms with Crippen molar-refractivity contribution in [3.63, 3.8) is 0 Å². The smallest absolute Gasteiger partial charge is 0.0622 e. The standard InChI is InChI=1S/C27H26P/c1-2-24-16-12-13-21-27(24)28(25-17-8-4-9-18-25,26-19-10-5-11-20-26)22-23-14-6-3-7-15-23/h3-21H,2,22H2,1H3/q+1. The van der Waals surface area contributed by atoms with Crippen molar-refractivity contribution >= 4 is 23.2 Å². The van der Waals surface area contributed by atoms with E-state index in [0.29, 0.717) is 0 Å². The van der Waals surface area contributed by atoms with Crippen molar-refractivity contribution < 1.29 is 0 Å². The van der Waals surface area contributed by atoms with Crippen LogP contribution in [0, 0.1) is 0 Å². The first kappa shape index (κ1) is 18.7. The molecule has 28 heavy (non-hydrogen) atoms. The van der Waals surface area contributed by atoms with Crippen LogP contribution in [0.2, 0.25) is 0 Å². The van der Waals surface area contributed by atoms with Gasteiger partial charge in [0.1, 0.15) is 23.2 Å². The molecule has 4 aromatic rings. The van der Waals surface area contributed by atoms with E-state index in [-0.39, 0.29) is 0 Å². The number of rotatable bonds is 6. The van der Waals surface area contributed by atoms with Crippen molar-refractivity contribution in [1.29, 1.82) is 0 Å². The van der Waals surface area contributed by atoms with Gasteiger partial charge in [0, 0.05) is 0 Å². The fourth-order valence-corrected chi connectivity index (χ4v) is 8.67. The molecule has 0 atom stereocenters. The summed E-state index contributed by atoms with van der Waals surface area (Å²) in [7, 11) is -1.83. The summed E-state index contributed by atoms with van der Waals surface area (Å²) in [6.45, 7) is 2.27. The highest BCUT2D eigenvalue weighted by Gasteiger charge is 2.46. The van der Waals surface area contributed by atoms with Crippen LogP contribution in [-0.4, -0.2) is 0 Å². The highest BCUT2D eigenvalue weighted by atomic mass is 31.2. The highest BCUT2D eigenvalue weighted by Crippen LogP contribution is 2.58. The lowest BCUT2D eigenvalue weighted by atomic mass is 10.2. The predicted octanol–water partition coefficient (Wildman–Crippen LogP) is 5.74. The molecule has 0 nitrogen and oxygen atoms in total. The summed E-state index contributed by atoms with van der Waals surface area (Å²) in [5.74, 6) is 0. The molecule has 0 saturated carbocycles. The van der Waals surface area contributed by atoms with Gasteiger partial charge in [-0.2, -0.15) is 0 Å². The summed E-state index contributed by atoms with van der Waals surface area (Å²) in [6.07, 6.45) is 2.09. The Morgan fingerprint density at radius 1 is 0.536 bits per heavy atom. The Hall–Kier alpha value is -2.69. The minimum Gasteiger partial charge on any atom is -0.0622 e. The summed E-state index contributed by atoms with van der Waals surface area (Å²) in [5.41, 5.74) is 2.86. The van der Waals surface area contributed by atoms with E-state index in [1.165, 1.54) is 27.0 Å². The Labute approximate surface area is 169 Å². The molecule has 0 aromatic heterocycles. The van der Waals surface area contributed by atoms with Crippen molar-refractivity contribution in [2.45, 2.75) is 19.5 Å². The van der Waals surface area contributed by atoms with Crippen LogP contribution >= 0.6 is 7.26 Å². The van der Waals surface area contributed by atoms with E-state index in [4.69, 9.17) is 0 Å². The highest BCUT2D eigenvalue weighted by molar-refractivity contribution is 7.95. The first-order valence-electron chi connectivity index (χ1n) is 9.96. The molecule has 4 rings (SSSR count). The van der Waals surface area contributed by atoms with Crippen LogP contribution in [0.5, 0.6) is 0 Å². The molecule has 4 aromatic carbocycles. The van der Waals surface area contributed by atoms with Crippen LogP contribution in [0.15, 0.2) is 115 Å². The van der Waals surface area contributed by atoms with Crippen LogP contribution in [-0.2, 0) is 12.6 Å². The Kier molecular flexibility index (Phi) is 5.70. The molecule has 0 radical (unpaired) electrons. The molecule has 0 fully saturated rings. The van der Waals surface area contributed by atoms with Gasteiger partial charge in [0.05, 0.1) is 6.16 Å². The third-order valence-electron chi connectivity index (χ3n) is 5.44. The molecule has 138 valence electrons. The minimum atomic E-state index is -1.83. The fourth-order valence-electron chi connectivity index (χ4n) is 4.10. The monoisotopic (exact) mass is 381 g/mol. The zero-order valence-corrected chi connectivity index (χ0v) is 17.2. The molecule has 0 aliphatic heterocycles. The van der Waals surface area contributed by atoms with Gasteiger partial charge in [-0.15, -0.1) is 0 Å². The van der Waals surface area contributed by atoms with E-state index in [0.717, 1.165) is 12.6 Å². The Morgan fingerprint density at radius 2 is 1.00 bits per heavy atom. The van der Waals surface area contributed by atoms with Gasteiger partial charge in [-0.05, 0) is 47.9 Å². The Morgan fingerprint density at radius 3 is 1.54 bits per heavy atom. The minimum absolute atomic E-state index is 1.04. The molecule has 0 unspecified atom stereocenters. The third-order valence-corrected chi connectivity index (χ3v) is 9.90. The maximum absolute atomic E-state index is 2.37. The predicted molar refractivity (Wildman–Crippen MR) is 125 cm³/mol. The lowest BCUT2D eigenvalue weighted by Crippen LogP contribution is -2.34. The SMILES string of the molecule is CCc1ccccc1[P+](Cc1ccccc1)(c1ccccc1)c1ccccc1. The first-order chi connectivity index (χ1) is 13.8. The molecule has 0 heterocycles. The van der Waals surface area contributed by atoms with Crippen LogP contribution in [0.25, 0.3) is 0 Å². The number of hydrogen-bond donors (Lipinski definition) is 0. The Bertz CT molecular complexity index is 968. The topological polar surface area (TPSA) is 0 Å². The third kappa shape index (κ3) is 3.53. The summed E-state index contributed by atoms with van der Waals surface area (Å²) in [5, 5.41) is 4.41. The van der Waals surface area contributed by atoms with E-state index in [1.807, 2.05) is 0 Å². The average Bonchev–Trinajstić information content (AvgIpc) is 2.79. The second kappa shape index (κ2) is 8.55. The van der Waals surface area contributed by atoms with E-state index < -0.39 is 7.26 Å². The lowest BCUT2D eigenvalue weighted by molar-refractivity contribution is 1.15. The van der Waals surface area contributed by atoms with Crippen molar-refractivity contribution in [1.82, 2.24) is 0 Å². The summed E-state index contributed by atoms with van der Waals surface area (Å²) >= 11 is 0. The van der Waals surface area contributed by atoms with Crippen LogP contribution < -0.4 is 15.9 Å². The molecular weight excluding hydrogens is 355 g/mol. The van der Waals surface area contributed by atoms with E-state index >= 15 is 0 Å². The molecule has 0 aliphatic carbocycles. The van der Waals surface area contributed by atoms with Gasteiger partial charge in [0.2, 0.25) is 0 Å². The second-order valence-corrected chi connectivity index (χ2v) is 10.6. The quantitative estimate of drug-likeness (QED) is 0.374. The number of benzene rings is 4.